The van der Waals surface area contributed by atoms with Crippen LogP contribution in [0, 0.1) is 0 Å². The van der Waals surface area contributed by atoms with Crippen LogP contribution in [-0.2, 0) is 4.74 Å². The lowest BCUT2D eigenvalue weighted by molar-refractivity contribution is 0.117. The zero-order valence-electron chi connectivity index (χ0n) is 6.11. The molecule has 0 saturated carbocycles. The molecule has 1 unspecified atom stereocenters. The predicted molar refractivity (Wildman–Crippen MR) is 43.4 cm³/mol. The molecule has 0 aliphatic carbocycles. The number of nitrogens with two attached hydrogens (primary N) is 1. The van der Waals surface area contributed by atoms with Crippen molar-refractivity contribution >= 4 is 17.4 Å². The van der Waals surface area contributed by atoms with Gasteiger partial charge in [-0.3, -0.25) is 0 Å². The maximum absolute atomic E-state index is 10.3. The Balaban J connectivity index is 2.56. The van der Waals surface area contributed by atoms with Crippen LogP contribution >= 0.6 is 11.3 Å². The lowest BCUT2D eigenvalue weighted by Gasteiger charge is -2.08. The minimum Gasteiger partial charge on any atom is -0.442 e. The van der Waals surface area contributed by atoms with Gasteiger partial charge in [0.1, 0.15) is 6.10 Å². The molecule has 2 N–H and O–H groups in total. The van der Waals surface area contributed by atoms with E-state index >= 15 is 0 Å². The number of ether oxygens (including phenoxy) is 1. The van der Waals surface area contributed by atoms with Gasteiger partial charge in [0.25, 0.3) is 0 Å². The number of carbonyl (C=O) groups is 1. The number of carbonyl (C=O) groups excluding carboxylic acids is 1. The smallest absolute Gasteiger partial charge is 0.405 e. The Kier molecular flexibility index (Phi) is 2.48. The Morgan fingerprint density at radius 2 is 2.55 bits per heavy atom. The van der Waals surface area contributed by atoms with Gasteiger partial charge in [-0.05, 0) is 23.8 Å². The van der Waals surface area contributed by atoms with Crippen LogP contribution in [0.15, 0.2) is 16.8 Å². The summed E-state index contributed by atoms with van der Waals surface area (Å²) < 4.78 is 4.74. The summed E-state index contributed by atoms with van der Waals surface area (Å²) in [5.74, 6) is 0. The monoisotopic (exact) mass is 171 g/mol. The Hall–Kier alpha value is -1.03. The molecular formula is C7H9NO2S. The van der Waals surface area contributed by atoms with E-state index in [0.717, 1.165) is 5.56 Å². The van der Waals surface area contributed by atoms with Gasteiger partial charge >= 0.3 is 6.09 Å². The molecule has 0 aromatic carbocycles. The number of primary amides is 1. The topological polar surface area (TPSA) is 52.3 Å². The van der Waals surface area contributed by atoms with Crippen molar-refractivity contribution in [2.24, 2.45) is 5.73 Å². The van der Waals surface area contributed by atoms with Gasteiger partial charge in [-0.2, -0.15) is 11.3 Å². The van der Waals surface area contributed by atoms with Gasteiger partial charge in [-0.1, -0.05) is 0 Å². The first-order valence-electron chi connectivity index (χ1n) is 3.18. The van der Waals surface area contributed by atoms with E-state index in [1.54, 1.807) is 18.3 Å². The first-order chi connectivity index (χ1) is 5.20. The summed E-state index contributed by atoms with van der Waals surface area (Å²) in [5, 5.41) is 3.85. The van der Waals surface area contributed by atoms with Crippen LogP contribution in [0.5, 0.6) is 0 Å². The van der Waals surface area contributed by atoms with Gasteiger partial charge in [-0.25, -0.2) is 4.79 Å². The van der Waals surface area contributed by atoms with Gasteiger partial charge < -0.3 is 10.5 Å². The highest BCUT2D eigenvalue weighted by atomic mass is 32.1. The molecule has 0 aliphatic rings. The Morgan fingerprint density at radius 3 is 3.00 bits per heavy atom. The molecule has 0 bridgehead atoms. The third-order valence-corrected chi connectivity index (χ3v) is 2.01. The van der Waals surface area contributed by atoms with E-state index in [9.17, 15) is 4.79 Å². The summed E-state index contributed by atoms with van der Waals surface area (Å²) in [5.41, 5.74) is 5.82. The zero-order valence-corrected chi connectivity index (χ0v) is 6.93. The first-order valence-corrected chi connectivity index (χ1v) is 4.12. The van der Waals surface area contributed by atoms with Crippen LogP contribution in [0.2, 0.25) is 0 Å². The van der Waals surface area contributed by atoms with E-state index in [2.05, 4.69) is 0 Å². The lowest BCUT2D eigenvalue weighted by atomic mass is 10.2. The second kappa shape index (κ2) is 3.39. The van der Waals surface area contributed by atoms with Gasteiger partial charge in [0.05, 0.1) is 0 Å². The average Bonchev–Trinajstić information content (AvgIpc) is 2.35. The fourth-order valence-electron chi connectivity index (χ4n) is 0.749. The van der Waals surface area contributed by atoms with Crippen molar-refractivity contribution in [1.29, 1.82) is 0 Å². The van der Waals surface area contributed by atoms with E-state index in [-0.39, 0.29) is 6.10 Å². The minimum absolute atomic E-state index is 0.237. The summed E-state index contributed by atoms with van der Waals surface area (Å²) in [6, 6.07) is 1.90. The second-order valence-corrected chi connectivity index (χ2v) is 2.92. The van der Waals surface area contributed by atoms with Crippen molar-refractivity contribution in [2.75, 3.05) is 0 Å². The van der Waals surface area contributed by atoms with Crippen molar-refractivity contribution < 1.29 is 9.53 Å². The summed E-state index contributed by atoms with van der Waals surface area (Å²) in [4.78, 5) is 10.3. The van der Waals surface area contributed by atoms with Crippen LogP contribution in [0.4, 0.5) is 4.79 Å². The summed E-state index contributed by atoms with van der Waals surface area (Å²) in [6.45, 7) is 1.78. The standard InChI is InChI=1S/C7H9NO2S/c1-5(10-7(8)9)6-2-3-11-4-6/h2-5H,1H3,(H2,8,9). The third kappa shape index (κ3) is 2.23. The predicted octanol–water partition coefficient (Wildman–Crippen LogP) is 1.90. The minimum atomic E-state index is -0.733. The molecule has 1 amide bonds. The molecule has 0 spiro atoms. The fraction of sp³-hybridized carbons (Fsp3) is 0.286. The quantitative estimate of drug-likeness (QED) is 0.738. The van der Waals surface area contributed by atoms with Crippen LogP contribution in [0.3, 0.4) is 0 Å². The molecule has 1 atom stereocenters. The van der Waals surface area contributed by atoms with Gasteiger partial charge in [-0.15, -0.1) is 0 Å². The van der Waals surface area contributed by atoms with Crippen molar-refractivity contribution in [2.45, 2.75) is 13.0 Å². The van der Waals surface area contributed by atoms with Crippen LogP contribution in [-0.4, -0.2) is 6.09 Å². The van der Waals surface area contributed by atoms with E-state index in [1.807, 2.05) is 16.8 Å². The summed E-state index contributed by atoms with van der Waals surface area (Å²) in [6.07, 6.45) is -0.970. The summed E-state index contributed by atoms with van der Waals surface area (Å²) >= 11 is 1.56. The largest absolute Gasteiger partial charge is 0.442 e. The summed E-state index contributed by atoms with van der Waals surface area (Å²) in [7, 11) is 0. The SMILES string of the molecule is CC(OC(N)=O)c1ccsc1. The van der Waals surface area contributed by atoms with Crippen molar-refractivity contribution in [3.63, 3.8) is 0 Å². The molecule has 1 heterocycles. The number of rotatable bonds is 2. The molecule has 1 rings (SSSR count). The fourth-order valence-corrected chi connectivity index (χ4v) is 1.49. The van der Waals surface area contributed by atoms with E-state index < -0.39 is 6.09 Å². The molecule has 3 nitrogen and oxygen atoms in total. The Bertz CT molecular complexity index is 233. The Morgan fingerprint density at radius 1 is 1.82 bits per heavy atom. The Labute approximate surface area is 68.8 Å². The molecule has 1 aromatic rings. The lowest BCUT2D eigenvalue weighted by Crippen LogP contribution is -2.15. The molecule has 0 fully saturated rings. The number of hydrogen-bond acceptors (Lipinski definition) is 3. The van der Waals surface area contributed by atoms with Crippen molar-refractivity contribution in [1.82, 2.24) is 0 Å². The average molecular weight is 171 g/mol. The zero-order chi connectivity index (χ0) is 8.27. The van der Waals surface area contributed by atoms with Crippen LogP contribution in [0.25, 0.3) is 0 Å². The molecule has 0 radical (unpaired) electrons. The highest BCUT2D eigenvalue weighted by Gasteiger charge is 2.07. The molecular weight excluding hydrogens is 162 g/mol. The van der Waals surface area contributed by atoms with E-state index in [4.69, 9.17) is 10.5 Å². The molecule has 11 heavy (non-hydrogen) atoms. The number of amides is 1. The molecule has 4 heteroatoms. The van der Waals surface area contributed by atoms with E-state index in [0.29, 0.717) is 0 Å². The second-order valence-electron chi connectivity index (χ2n) is 2.14. The number of hydrogen-bond donors (Lipinski definition) is 1. The molecule has 60 valence electrons. The van der Waals surface area contributed by atoms with Crippen LogP contribution in [0.1, 0.15) is 18.6 Å². The molecule has 0 saturated heterocycles. The molecule has 1 aromatic heterocycles. The van der Waals surface area contributed by atoms with Gasteiger partial charge in [0, 0.05) is 5.56 Å². The number of thiophene rings is 1. The normalized spacial score (nSPS) is 12.5. The van der Waals surface area contributed by atoms with Crippen molar-refractivity contribution in [3.8, 4) is 0 Å². The molecule has 0 aliphatic heterocycles. The van der Waals surface area contributed by atoms with Crippen molar-refractivity contribution in [3.05, 3.63) is 22.4 Å². The first kappa shape index (κ1) is 8.07. The maximum atomic E-state index is 10.3. The third-order valence-electron chi connectivity index (χ3n) is 1.31. The maximum Gasteiger partial charge on any atom is 0.405 e. The van der Waals surface area contributed by atoms with E-state index in [1.165, 1.54) is 0 Å². The van der Waals surface area contributed by atoms with Crippen LogP contribution < -0.4 is 5.73 Å². The highest BCUT2D eigenvalue weighted by molar-refractivity contribution is 7.07. The van der Waals surface area contributed by atoms with Gasteiger partial charge in [0.2, 0.25) is 0 Å². The highest BCUT2D eigenvalue weighted by Crippen LogP contribution is 2.18. The van der Waals surface area contributed by atoms with Gasteiger partial charge in [0.15, 0.2) is 0 Å².